The lowest BCUT2D eigenvalue weighted by molar-refractivity contribution is -0.0534. The molecule has 0 aromatic carbocycles. The fourth-order valence-corrected chi connectivity index (χ4v) is 10.4. The van der Waals surface area contributed by atoms with Crippen LogP contribution in [-0.4, -0.2) is 48.8 Å². The van der Waals surface area contributed by atoms with Crippen LogP contribution in [0.2, 0.25) is 0 Å². The second-order valence-electron chi connectivity index (χ2n) is 33.7. The molecule has 5 rings (SSSR count). The van der Waals surface area contributed by atoms with E-state index in [9.17, 15) is 5.11 Å². The number of hydrogen-bond acceptors (Lipinski definition) is 4. The average Bonchev–Trinajstić information content (AvgIpc) is 3.91. The van der Waals surface area contributed by atoms with Crippen molar-refractivity contribution in [2.24, 2.45) is 111 Å². The molecule has 0 amide bonds. The molecule has 516 valence electrons. The summed E-state index contributed by atoms with van der Waals surface area (Å²) in [7, 11) is 0. The lowest BCUT2D eigenvalue weighted by Gasteiger charge is -2.39. The summed E-state index contributed by atoms with van der Waals surface area (Å²) in [6.07, 6.45) is 30.7. The Bertz CT molecular complexity index is 1210. The third kappa shape index (κ3) is 69.3. The van der Waals surface area contributed by atoms with E-state index in [1.807, 2.05) is 13.8 Å². The van der Waals surface area contributed by atoms with Gasteiger partial charge >= 0.3 is 0 Å². The summed E-state index contributed by atoms with van der Waals surface area (Å²) in [4.78, 5) is 0. The predicted octanol–water partition coefficient (Wildman–Crippen LogP) is 26.4. The van der Waals surface area contributed by atoms with Gasteiger partial charge in [-0.15, -0.1) is 0 Å². The molecular weight excluding hydrogens is 1020 g/mol. The highest BCUT2D eigenvalue weighted by molar-refractivity contribution is 4.83. The molecule has 5 fully saturated rings. The topological polar surface area (TPSA) is 58.9 Å². The zero-order chi connectivity index (χ0) is 66.8. The molecule has 2 N–H and O–H groups in total. The van der Waals surface area contributed by atoms with Gasteiger partial charge in [-0.1, -0.05) is 317 Å². The van der Waals surface area contributed by atoms with Gasteiger partial charge in [0.15, 0.2) is 0 Å². The largest absolute Gasteiger partial charge is 0.396 e. The fourth-order valence-electron chi connectivity index (χ4n) is 10.4. The van der Waals surface area contributed by atoms with Crippen LogP contribution in [0, 0.1) is 111 Å². The second kappa shape index (κ2) is 58.0. The Kier molecular flexibility index (Phi) is 65.5. The number of rotatable bonds is 17. The molecule has 3 aliphatic carbocycles. The average molecular weight is 1200 g/mol. The standard InChI is InChI=1S/2C9H18.C8H16O.C8H16.2C7H16O.2C7H16.C6H12O.2C6H14/c1-8(2)7-9(3)5-4-6-9;1-8(2)9-6-4-3-5-7-9;1-7(2)8-3-5-9-6-4-8;1-7(2)8-5-3-4-6-8;1-6(2)5-7(3,4)8;1-4-7(5-8)6(2)3;1-6(2)7(3,4)5;1-4-5-6-7(2)3;1-5(2)6-3-7-4-6;1-5(2)6(3)4;1-4-5-6(2)3/h8H,4-7H2,1-3H3;8-9H,3-7H2,1-2H3;7-8H,3-6H2,1-2H3;7-8H,3-6H2,1-2H3;6,8H,5H2,1-4H3;6-8H,4-5H2,1-3H3;6H,1-5H3;7H,4-6H2,1-3H3;5-6H,3-4H2,1-2H3;5-6H,1-4H3;6H,4-5H2,1-3H3. The van der Waals surface area contributed by atoms with E-state index >= 15 is 0 Å². The van der Waals surface area contributed by atoms with E-state index in [0.29, 0.717) is 29.8 Å². The third-order valence-corrected chi connectivity index (χ3v) is 18.9. The van der Waals surface area contributed by atoms with Crippen LogP contribution in [-0.2, 0) is 9.47 Å². The molecule has 5 aliphatic rings. The molecule has 3 saturated carbocycles. The van der Waals surface area contributed by atoms with Gasteiger partial charge in [0.1, 0.15) is 0 Å². The summed E-state index contributed by atoms with van der Waals surface area (Å²) in [5, 5.41) is 17.9. The molecule has 2 aliphatic heterocycles. The van der Waals surface area contributed by atoms with Crippen molar-refractivity contribution in [1.29, 1.82) is 0 Å². The quantitative estimate of drug-likeness (QED) is 0.152. The monoisotopic (exact) mass is 1200 g/mol. The van der Waals surface area contributed by atoms with E-state index in [-0.39, 0.29) is 0 Å². The zero-order valence-corrected chi connectivity index (χ0v) is 65.1. The van der Waals surface area contributed by atoms with Crippen LogP contribution < -0.4 is 0 Å². The van der Waals surface area contributed by atoms with Crippen LogP contribution in [0.15, 0.2) is 0 Å². The summed E-state index contributed by atoms with van der Waals surface area (Å²) in [5.41, 5.74) is 0.766. The lowest BCUT2D eigenvalue weighted by Crippen LogP contribution is -2.31. The molecule has 2 heterocycles. The van der Waals surface area contributed by atoms with E-state index in [1.54, 1.807) is 0 Å². The molecule has 0 aromatic heterocycles. The molecule has 1 unspecified atom stereocenters. The molecule has 4 nitrogen and oxygen atoms in total. The van der Waals surface area contributed by atoms with Crippen molar-refractivity contribution in [2.45, 2.75) is 375 Å². The maximum atomic E-state index is 9.19. The second-order valence-corrected chi connectivity index (χ2v) is 33.7. The molecule has 0 bridgehead atoms. The van der Waals surface area contributed by atoms with E-state index in [4.69, 9.17) is 14.6 Å². The summed E-state index contributed by atoms with van der Waals surface area (Å²) >= 11 is 0. The minimum Gasteiger partial charge on any atom is -0.396 e. The van der Waals surface area contributed by atoms with Gasteiger partial charge < -0.3 is 19.7 Å². The molecular formula is C80H172O4. The molecule has 2 saturated heterocycles. The van der Waals surface area contributed by atoms with Gasteiger partial charge in [0.2, 0.25) is 0 Å². The maximum absolute atomic E-state index is 9.19. The van der Waals surface area contributed by atoms with E-state index in [1.165, 1.54) is 128 Å². The first-order valence-corrected chi connectivity index (χ1v) is 37.1. The first-order chi connectivity index (χ1) is 38.6. The smallest absolute Gasteiger partial charge is 0.0594 e. The van der Waals surface area contributed by atoms with Crippen molar-refractivity contribution < 1.29 is 19.7 Å². The van der Waals surface area contributed by atoms with Gasteiger partial charge in [-0.3, -0.25) is 0 Å². The number of aliphatic hydroxyl groups is 2. The Balaban J connectivity index is -0.000000200. The first-order valence-electron chi connectivity index (χ1n) is 37.1. The molecule has 1 atom stereocenters. The number of aliphatic hydroxyl groups excluding tert-OH is 1. The Morgan fingerprint density at radius 2 is 0.810 bits per heavy atom. The number of ether oxygens (including phenoxy) is 2. The minimum absolute atomic E-state index is 0.341. The summed E-state index contributed by atoms with van der Waals surface area (Å²) in [5.74, 6) is 14.4. The van der Waals surface area contributed by atoms with Crippen LogP contribution in [0.3, 0.4) is 0 Å². The fraction of sp³-hybridized carbons (Fsp3) is 1.00. The minimum atomic E-state index is -0.478. The highest BCUT2D eigenvalue weighted by Gasteiger charge is 2.32. The lowest BCUT2D eigenvalue weighted by atomic mass is 9.66. The predicted molar refractivity (Wildman–Crippen MR) is 387 cm³/mol. The van der Waals surface area contributed by atoms with Gasteiger partial charge in [0.05, 0.1) is 18.8 Å². The normalized spacial score (nSPS) is 17.6. The van der Waals surface area contributed by atoms with Crippen molar-refractivity contribution in [3.05, 3.63) is 0 Å². The van der Waals surface area contributed by atoms with E-state index in [2.05, 4.69) is 215 Å². The van der Waals surface area contributed by atoms with Crippen molar-refractivity contribution in [1.82, 2.24) is 0 Å². The summed E-state index contributed by atoms with van der Waals surface area (Å²) in [6, 6.07) is 0. The summed E-state index contributed by atoms with van der Waals surface area (Å²) in [6.45, 7) is 77.9. The Hall–Kier alpha value is -0.160. The Labute approximate surface area is 536 Å². The van der Waals surface area contributed by atoms with Crippen molar-refractivity contribution in [3.63, 3.8) is 0 Å². The molecule has 0 spiro atoms. The Morgan fingerprint density at radius 1 is 0.440 bits per heavy atom. The zero-order valence-electron chi connectivity index (χ0n) is 65.1. The van der Waals surface area contributed by atoms with Crippen molar-refractivity contribution in [2.75, 3.05) is 33.0 Å². The molecule has 4 heteroatoms. The molecule has 0 radical (unpaired) electrons. The molecule has 0 aromatic rings. The van der Waals surface area contributed by atoms with Gasteiger partial charge in [0, 0.05) is 25.7 Å². The molecule has 84 heavy (non-hydrogen) atoms. The first kappa shape index (κ1) is 95.0. The van der Waals surface area contributed by atoms with Crippen LogP contribution in [0.4, 0.5) is 0 Å². The summed E-state index contributed by atoms with van der Waals surface area (Å²) < 4.78 is 10.2. The number of hydrogen-bond donors (Lipinski definition) is 2. The maximum Gasteiger partial charge on any atom is 0.0594 e. The van der Waals surface area contributed by atoms with Gasteiger partial charge in [-0.2, -0.15) is 0 Å². The van der Waals surface area contributed by atoms with E-state index < -0.39 is 5.60 Å². The highest BCUT2D eigenvalue weighted by Crippen LogP contribution is 2.45. The van der Waals surface area contributed by atoms with Crippen LogP contribution in [0.5, 0.6) is 0 Å². The van der Waals surface area contributed by atoms with Gasteiger partial charge in [-0.25, -0.2) is 0 Å². The highest BCUT2D eigenvalue weighted by atomic mass is 16.5. The number of unbranched alkanes of at least 4 members (excludes halogenated alkanes) is 1. The van der Waals surface area contributed by atoms with Crippen molar-refractivity contribution >= 4 is 0 Å². The van der Waals surface area contributed by atoms with Gasteiger partial charge in [0.25, 0.3) is 0 Å². The van der Waals surface area contributed by atoms with Crippen LogP contribution in [0.1, 0.15) is 370 Å². The third-order valence-electron chi connectivity index (χ3n) is 18.9. The van der Waals surface area contributed by atoms with Gasteiger partial charge in [-0.05, 0) is 158 Å². The van der Waals surface area contributed by atoms with E-state index in [0.717, 1.165) is 128 Å². The van der Waals surface area contributed by atoms with Crippen LogP contribution in [0.25, 0.3) is 0 Å². The SMILES string of the molecule is CC(C)C(C)(C)C.CC(C)C(C)C.CC(C)C1CCCC1.CC(C)C1CCCCC1.CC(C)C1CCOCC1.CC(C)C1COC1.CC(C)CC(C)(C)O.CC(C)CC1(C)CCC1.CCC(CO)C(C)C.CCCC(C)C.CCCCC(C)C. The van der Waals surface area contributed by atoms with Crippen LogP contribution >= 0.6 is 0 Å². The van der Waals surface area contributed by atoms with Crippen molar-refractivity contribution in [3.8, 4) is 0 Å². The Morgan fingerprint density at radius 3 is 0.917 bits per heavy atom.